The smallest absolute Gasteiger partial charge is 0.00262 e. The summed E-state index contributed by atoms with van der Waals surface area (Å²) in [6, 6.07) is 46.1. The van der Waals surface area contributed by atoms with Gasteiger partial charge in [-0.3, -0.25) is 0 Å². The second kappa shape index (κ2) is 8.07. The fraction of sp³-hybridized carbons (Fsp3) is 0.0303. The Morgan fingerprint density at radius 1 is 0.333 bits per heavy atom. The fourth-order valence-corrected chi connectivity index (χ4v) is 5.03. The lowest BCUT2D eigenvalue weighted by atomic mass is 9.85. The second-order valence-electron chi connectivity index (χ2n) is 8.66. The third-order valence-electron chi connectivity index (χ3n) is 6.50. The predicted molar refractivity (Wildman–Crippen MR) is 142 cm³/mol. The van der Waals surface area contributed by atoms with Gasteiger partial charge < -0.3 is 0 Å². The molecule has 0 bridgehead atoms. The molecule has 0 saturated heterocycles. The van der Waals surface area contributed by atoms with Crippen LogP contribution in [-0.4, -0.2) is 0 Å². The van der Waals surface area contributed by atoms with Gasteiger partial charge in [0.25, 0.3) is 0 Å². The van der Waals surface area contributed by atoms with Gasteiger partial charge in [-0.25, -0.2) is 0 Å². The highest BCUT2D eigenvalue weighted by molar-refractivity contribution is 6.21. The highest BCUT2D eigenvalue weighted by atomic mass is 14.2. The molecule has 6 aromatic carbocycles. The first-order chi connectivity index (χ1) is 16.3. The van der Waals surface area contributed by atoms with Gasteiger partial charge >= 0.3 is 0 Å². The van der Waals surface area contributed by atoms with Crippen molar-refractivity contribution >= 4 is 21.5 Å². The molecule has 0 aliphatic rings. The van der Waals surface area contributed by atoms with E-state index in [1.165, 1.54) is 60.5 Å². The topological polar surface area (TPSA) is 0 Å². The molecule has 0 aliphatic heterocycles. The van der Waals surface area contributed by atoms with Crippen LogP contribution in [0.4, 0.5) is 0 Å². The summed E-state index contributed by atoms with van der Waals surface area (Å²) in [4.78, 5) is 0. The quantitative estimate of drug-likeness (QED) is 0.250. The van der Waals surface area contributed by atoms with Crippen LogP contribution in [0.2, 0.25) is 0 Å². The SMILES string of the molecule is Cc1cccc(-c2cccc(-c3c4ccccc4c(-c4ccccc4)c4ccccc34)c2)c1. The van der Waals surface area contributed by atoms with Crippen molar-refractivity contribution in [3.63, 3.8) is 0 Å². The van der Waals surface area contributed by atoms with E-state index in [-0.39, 0.29) is 0 Å². The number of hydrogen-bond donors (Lipinski definition) is 0. The van der Waals surface area contributed by atoms with Gasteiger partial charge in [-0.1, -0.05) is 127 Å². The Bertz CT molecular complexity index is 1550. The van der Waals surface area contributed by atoms with Gasteiger partial charge in [-0.05, 0) is 67.9 Å². The van der Waals surface area contributed by atoms with Crippen LogP contribution in [0.5, 0.6) is 0 Å². The van der Waals surface area contributed by atoms with Crippen LogP contribution in [-0.2, 0) is 0 Å². The largest absolute Gasteiger partial charge is 0.0622 e. The summed E-state index contributed by atoms with van der Waals surface area (Å²) in [5, 5.41) is 5.16. The molecule has 156 valence electrons. The summed E-state index contributed by atoms with van der Waals surface area (Å²) in [6.45, 7) is 2.15. The monoisotopic (exact) mass is 420 g/mol. The molecule has 0 atom stereocenters. The van der Waals surface area contributed by atoms with Crippen LogP contribution in [0.15, 0.2) is 127 Å². The molecule has 0 saturated carbocycles. The number of fused-ring (bicyclic) bond motifs is 2. The molecule has 0 spiro atoms. The van der Waals surface area contributed by atoms with E-state index in [1.54, 1.807) is 0 Å². The molecular weight excluding hydrogens is 396 g/mol. The normalized spacial score (nSPS) is 11.2. The Morgan fingerprint density at radius 3 is 1.33 bits per heavy atom. The standard InChI is InChI=1S/C33H24/c1-23-11-9-14-25(21-23)26-15-10-16-27(22-26)33-30-19-7-5-17-28(30)32(24-12-3-2-4-13-24)29-18-6-8-20-31(29)33/h2-22H,1H3. The van der Waals surface area contributed by atoms with Crippen LogP contribution in [0.25, 0.3) is 54.9 Å². The summed E-state index contributed by atoms with van der Waals surface area (Å²) >= 11 is 0. The average molecular weight is 421 g/mol. The molecule has 6 aromatic rings. The Morgan fingerprint density at radius 2 is 0.758 bits per heavy atom. The van der Waals surface area contributed by atoms with Gasteiger partial charge in [0, 0.05) is 0 Å². The van der Waals surface area contributed by atoms with Gasteiger partial charge in [0.1, 0.15) is 0 Å². The van der Waals surface area contributed by atoms with E-state index >= 15 is 0 Å². The summed E-state index contributed by atoms with van der Waals surface area (Å²) in [5.74, 6) is 0. The summed E-state index contributed by atoms with van der Waals surface area (Å²) in [5.41, 5.74) is 8.89. The molecule has 0 fully saturated rings. The molecule has 0 amide bonds. The van der Waals surface area contributed by atoms with Crippen molar-refractivity contribution in [2.75, 3.05) is 0 Å². The van der Waals surface area contributed by atoms with Crippen LogP contribution < -0.4 is 0 Å². The van der Waals surface area contributed by atoms with E-state index in [1.807, 2.05) is 0 Å². The number of benzene rings is 6. The zero-order chi connectivity index (χ0) is 22.2. The predicted octanol–water partition coefficient (Wildman–Crippen LogP) is 9.30. The van der Waals surface area contributed by atoms with Crippen molar-refractivity contribution in [3.8, 4) is 33.4 Å². The molecule has 6 rings (SSSR count). The van der Waals surface area contributed by atoms with E-state index < -0.39 is 0 Å². The first-order valence-corrected chi connectivity index (χ1v) is 11.5. The van der Waals surface area contributed by atoms with Crippen molar-refractivity contribution in [1.82, 2.24) is 0 Å². The lowest BCUT2D eigenvalue weighted by Crippen LogP contribution is -1.91. The lowest BCUT2D eigenvalue weighted by Gasteiger charge is -2.18. The van der Waals surface area contributed by atoms with Gasteiger partial charge in [0.05, 0.1) is 0 Å². The van der Waals surface area contributed by atoms with Crippen LogP contribution in [0.3, 0.4) is 0 Å². The number of hydrogen-bond acceptors (Lipinski definition) is 0. The zero-order valence-electron chi connectivity index (χ0n) is 18.6. The molecule has 33 heavy (non-hydrogen) atoms. The second-order valence-corrected chi connectivity index (χ2v) is 8.66. The Hall–Kier alpha value is -4.16. The summed E-state index contributed by atoms with van der Waals surface area (Å²) < 4.78 is 0. The van der Waals surface area contributed by atoms with E-state index in [9.17, 15) is 0 Å². The summed E-state index contributed by atoms with van der Waals surface area (Å²) in [6.07, 6.45) is 0. The van der Waals surface area contributed by atoms with Gasteiger partial charge in [-0.15, -0.1) is 0 Å². The Labute approximate surface area is 194 Å². The Balaban J connectivity index is 1.69. The Kier molecular flexibility index (Phi) is 4.78. The minimum absolute atomic E-state index is 1.25. The van der Waals surface area contributed by atoms with E-state index in [0.717, 1.165) is 0 Å². The van der Waals surface area contributed by atoms with Crippen molar-refractivity contribution in [3.05, 3.63) is 133 Å². The minimum Gasteiger partial charge on any atom is -0.0622 e. The van der Waals surface area contributed by atoms with Crippen LogP contribution in [0.1, 0.15) is 5.56 Å². The molecule has 0 heterocycles. The molecule has 0 aromatic heterocycles. The summed E-state index contributed by atoms with van der Waals surface area (Å²) in [7, 11) is 0. The molecule has 0 aliphatic carbocycles. The van der Waals surface area contributed by atoms with Crippen LogP contribution >= 0.6 is 0 Å². The maximum Gasteiger partial charge on any atom is -0.00262 e. The average Bonchev–Trinajstić information content (AvgIpc) is 2.88. The van der Waals surface area contributed by atoms with Gasteiger partial charge in [-0.2, -0.15) is 0 Å². The maximum absolute atomic E-state index is 2.34. The fourth-order valence-electron chi connectivity index (χ4n) is 5.03. The zero-order valence-corrected chi connectivity index (χ0v) is 18.6. The molecule has 0 radical (unpaired) electrons. The molecular formula is C33H24. The van der Waals surface area contributed by atoms with Crippen molar-refractivity contribution in [2.24, 2.45) is 0 Å². The van der Waals surface area contributed by atoms with Gasteiger partial charge in [0.15, 0.2) is 0 Å². The first-order valence-electron chi connectivity index (χ1n) is 11.5. The third kappa shape index (κ3) is 3.41. The minimum atomic E-state index is 1.25. The maximum atomic E-state index is 2.34. The molecule has 0 unspecified atom stereocenters. The number of rotatable bonds is 3. The molecule has 0 N–H and O–H groups in total. The molecule has 0 heteroatoms. The lowest BCUT2D eigenvalue weighted by molar-refractivity contribution is 1.47. The van der Waals surface area contributed by atoms with E-state index in [4.69, 9.17) is 0 Å². The highest BCUT2D eigenvalue weighted by Crippen LogP contribution is 2.43. The highest BCUT2D eigenvalue weighted by Gasteiger charge is 2.16. The van der Waals surface area contributed by atoms with E-state index in [0.29, 0.717) is 0 Å². The first kappa shape index (κ1) is 19.5. The molecule has 0 nitrogen and oxygen atoms in total. The number of aryl methyl sites for hydroxylation is 1. The van der Waals surface area contributed by atoms with Gasteiger partial charge in [0.2, 0.25) is 0 Å². The van der Waals surface area contributed by atoms with Crippen LogP contribution in [0, 0.1) is 6.92 Å². The van der Waals surface area contributed by atoms with Crippen molar-refractivity contribution < 1.29 is 0 Å². The van der Waals surface area contributed by atoms with Crippen molar-refractivity contribution in [1.29, 1.82) is 0 Å². The van der Waals surface area contributed by atoms with E-state index in [2.05, 4.69) is 134 Å². The van der Waals surface area contributed by atoms with Crippen molar-refractivity contribution in [2.45, 2.75) is 6.92 Å². The third-order valence-corrected chi connectivity index (χ3v) is 6.50.